The first kappa shape index (κ1) is 27.0. The van der Waals surface area contributed by atoms with Crippen molar-refractivity contribution in [3.05, 3.63) is 53.1 Å². The minimum Gasteiger partial charge on any atom is -0.478 e. The maximum Gasteiger partial charge on any atom is 0.344 e. The van der Waals surface area contributed by atoms with Crippen molar-refractivity contribution in [2.75, 3.05) is 33.0 Å². The number of esters is 2. The Kier molecular flexibility index (Phi) is 9.03. The van der Waals surface area contributed by atoms with Crippen LogP contribution < -0.4 is 20.9 Å². The Labute approximate surface area is 213 Å². The average molecular weight is 513 g/mol. The Hall–Kier alpha value is -4.61. The topological polar surface area (TPSA) is 173 Å². The van der Waals surface area contributed by atoms with Crippen molar-refractivity contribution in [1.82, 2.24) is 4.90 Å². The number of ether oxygens (including phenoxy) is 4. The summed E-state index contributed by atoms with van der Waals surface area (Å²) in [6.45, 7) is 2.87. The van der Waals surface area contributed by atoms with E-state index in [1.807, 2.05) is 0 Å². The highest BCUT2D eigenvalue weighted by Crippen LogP contribution is 2.30. The van der Waals surface area contributed by atoms with Crippen LogP contribution in [0.1, 0.15) is 40.1 Å². The van der Waals surface area contributed by atoms with Crippen LogP contribution in [0.25, 0.3) is 0 Å². The number of amides is 1. The second-order valence-electron chi connectivity index (χ2n) is 7.81. The fourth-order valence-electron chi connectivity index (χ4n) is 3.57. The van der Waals surface area contributed by atoms with E-state index in [4.69, 9.17) is 30.4 Å². The van der Waals surface area contributed by atoms with Gasteiger partial charge in [0, 0.05) is 17.7 Å². The molecule has 1 heterocycles. The first-order chi connectivity index (χ1) is 17.7. The first-order valence-corrected chi connectivity index (χ1v) is 11.5. The maximum absolute atomic E-state index is 13.1. The molecule has 37 heavy (non-hydrogen) atoms. The SMILES string of the molecule is CCOC(=O)COc1ccc(C(=O)CN2Cc3cc(N=C(N)N)ccc3C2=O)cc1OCC(=O)OCC. The molecule has 1 amide bonds. The third-order valence-electron chi connectivity index (χ3n) is 5.13. The number of carbonyl (C=O) groups excluding carboxylic acids is 4. The zero-order chi connectivity index (χ0) is 26.9. The second kappa shape index (κ2) is 12.4. The molecule has 3 rings (SSSR count). The third-order valence-corrected chi connectivity index (χ3v) is 5.13. The van der Waals surface area contributed by atoms with Gasteiger partial charge in [0.05, 0.1) is 25.4 Å². The standard InChI is InChI=1S/C25H28N4O8/c1-3-34-22(31)13-36-20-8-5-15(10-21(20)37-14-23(32)35-4-2)19(30)12-29-11-16-9-17(28-25(26)27)6-7-18(16)24(29)33/h5-10H,3-4,11-14H2,1-2H3,(H4,26,27,28). The molecule has 0 spiro atoms. The van der Waals surface area contributed by atoms with Gasteiger partial charge in [-0.1, -0.05) is 0 Å². The van der Waals surface area contributed by atoms with Crippen molar-refractivity contribution in [3.8, 4) is 11.5 Å². The molecule has 12 nitrogen and oxygen atoms in total. The maximum atomic E-state index is 13.1. The number of rotatable bonds is 12. The second-order valence-corrected chi connectivity index (χ2v) is 7.81. The molecule has 1 aliphatic rings. The molecule has 1 aliphatic heterocycles. The Morgan fingerprint density at radius 3 is 2.19 bits per heavy atom. The van der Waals surface area contributed by atoms with Gasteiger partial charge in [0.1, 0.15) is 0 Å². The summed E-state index contributed by atoms with van der Waals surface area (Å²) >= 11 is 0. The number of carbonyl (C=O) groups is 4. The Morgan fingerprint density at radius 2 is 1.57 bits per heavy atom. The number of guanidine groups is 1. The summed E-state index contributed by atoms with van der Waals surface area (Å²) in [7, 11) is 0. The molecule has 0 fully saturated rings. The molecule has 12 heteroatoms. The van der Waals surface area contributed by atoms with E-state index in [-0.39, 0.29) is 67.6 Å². The van der Waals surface area contributed by atoms with Gasteiger partial charge in [0.25, 0.3) is 5.91 Å². The lowest BCUT2D eigenvalue weighted by Crippen LogP contribution is -2.30. The van der Waals surface area contributed by atoms with Crippen molar-refractivity contribution < 1.29 is 38.1 Å². The van der Waals surface area contributed by atoms with Crippen molar-refractivity contribution in [3.63, 3.8) is 0 Å². The van der Waals surface area contributed by atoms with Gasteiger partial charge in [-0.3, -0.25) is 9.59 Å². The molecule has 0 unspecified atom stereocenters. The van der Waals surface area contributed by atoms with Crippen LogP contribution in [0.15, 0.2) is 41.4 Å². The van der Waals surface area contributed by atoms with Crippen LogP contribution in [0.5, 0.6) is 11.5 Å². The molecule has 196 valence electrons. The van der Waals surface area contributed by atoms with Gasteiger partial charge in [-0.05, 0) is 55.8 Å². The van der Waals surface area contributed by atoms with E-state index in [0.29, 0.717) is 16.8 Å². The van der Waals surface area contributed by atoms with E-state index in [9.17, 15) is 19.2 Å². The van der Waals surface area contributed by atoms with E-state index in [0.717, 1.165) is 0 Å². The van der Waals surface area contributed by atoms with Crippen molar-refractivity contribution >= 4 is 35.3 Å². The van der Waals surface area contributed by atoms with Crippen LogP contribution in [-0.4, -0.2) is 67.5 Å². The number of nitrogens with zero attached hydrogens (tertiary/aromatic N) is 2. The van der Waals surface area contributed by atoms with E-state index in [1.165, 1.54) is 23.1 Å². The summed E-state index contributed by atoms with van der Waals surface area (Å²) < 4.78 is 20.7. The summed E-state index contributed by atoms with van der Waals surface area (Å²) in [5, 5.41) is 0. The number of aliphatic imine (C=N–C) groups is 1. The highest BCUT2D eigenvalue weighted by molar-refractivity contribution is 6.04. The van der Waals surface area contributed by atoms with Gasteiger partial charge in [0.15, 0.2) is 36.5 Å². The molecule has 0 radical (unpaired) electrons. The van der Waals surface area contributed by atoms with Crippen LogP contribution >= 0.6 is 0 Å². The first-order valence-electron chi connectivity index (χ1n) is 11.5. The highest BCUT2D eigenvalue weighted by atomic mass is 16.6. The number of fused-ring (bicyclic) bond motifs is 1. The lowest BCUT2D eigenvalue weighted by molar-refractivity contribution is -0.146. The molecule has 0 aliphatic carbocycles. The van der Waals surface area contributed by atoms with E-state index < -0.39 is 18.5 Å². The normalized spacial score (nSPS) is 11.9. The molecule has 2 aromatic rings. The van der Waals surface area contributed by atoms with Crippen LogP contribution in [0.2, 0.25) is 0 Å². The number of ketones is 1. The van der Waals surface area contributed by atoms with Gasteiger partial charge in [0.2, 0.25) is 0 Å². The molecule has 0 aromatic heterocycles. The van der Waals surface area contributed by atoms with Crippen LogP contribution in [-0.2, 0) is 25.6 Å². The lowest BCUT2D eigenvalue weighted by Gasteiger charge is -2.16. The van der Waals surface area contributed by atoms with Crippen LogP contribution in [0.4, 0.5) is 5.69 Å². The largest absolute Gasteiger partial charge is 0.478 e. The zero-order valence-electron chi connectivity index (χ0n) is 20.5. The van der Waals surface area contributed by atoms with Crippen LogP contribution in [0.3, 0.4) is 0 Å². The molecular formula is C25H28N4O8. The number of nitrogens with two attached hydrogens (primary N) is 2. The third kappa shape index (κ3) is 7.19. The van der Waals surface area contributed by atoms with Gasteiger partial charge >= 0.3 is 11.9 Å². The van der Waals surface area contributed by atoms with Gasteiger partial charge in [-0.25, -0.2) is 14.6 Å². The monoisotopic (exact) mass is 512 g/mol. The number of Topliss-reactive ketones (excluding diaryl/α,β-unsaturated/α-hetero) is 1. The summed E-state index contributed by atoms with van der Waals surface area (Å²) in [6.07, 6.45) is 0. The molecule has 0 bridgehead atoms. The predicted octanol–water partition coefficient (Wildman–Crippen LogP) is 1.31. The van der Waals surface area contributed by atoms with Gasteiger partial charge in [-0.15, -0.1) is 0 Å². The summed E-state index contributed by atoms with van der Waals surface area (Å²) in [5.74, 6) is -1.79. The zero-order valence-corrected chi connectivity index (χ0v) is 20.5. The fraction of sp³-hybridized carbons (Fsp3) is 0.320. The van der Waals surface area contributed by atoms with E-state index >= 15 is 0 Å². The van der Waals surface area contributed by atoms with E-state index in [1.54, 1.807) is 32.0 Å². The van der Waals surface area contributed by atoms with Crippen LogP contribution in [0, 0.1) is 0 Å². The quantitative estimate of drug-likeness (QED) is 0.183. The lowest BCUT2D eigenvalue weighted by atomic mass is 10.1. The minimum atomic E-state index is -0.615. The van der Waals surface area contributed by atoms with Crippen molar-refractivity contribution in [1.29, 1.82) is 0 Å². The predicted molar refractivity (Wildman–Crippen MR) is 132 cm³/mol. The number of hydrogen-bond acceptors (Lipinski definition) is 9. The smallest absolute Gasteiger partial charge is 0.344 e. The molecule has 4 N–H and O–H groups in total. The Bertz CT molecular complexity index is 1220. The summed E-state index contributed by atoms with van der Waals surface area (Å²) in [5.41, 5.74) is 12.7. The molecular weight excluding hydrogens is 484 g/mol. The Morgan fingerprint density at radius 1 is 0.919 bits per heavy atom. The van der Waals surface area contributed by atoms with Crippen molar-refractivity contribution in [2.45, 2.75) is 20.4 Å². The fourth-order valence-corrected chi connectivity index (χ4v) is 3.57. The Balaban J connectivity index is 1.75. The van der Waals surface area contributed by atoms with Gasteiger partial charge in [-0.2, -0.15) is 0 Å². The molecule has 2 aromatic carbocycles. The van der Waals surface area contributed by atoms with Crippen molar-refractivity contribution in [2.24, 2.45) is 16.5 Å². The molecule has 0 saturated heterocycles. The minimum absolute atomic E-state index is 0.0566. The highest BCUT2D eigenvalue weighted by Gasteiger charge is 2.29. The van der Waals surface area contributed by atoms with Gasteiger partial charge < -0.3 is 35.3 Å². The number of hydrogen-bond donors (Lipinski definition) is 2. The number of benzene rings is 2. The van der Waals surface area contributed by atoms with E-state index in [2.05, 4.69) is 4.99 Å². The molecule has 0 saturated carbocycles. The summed E-state index contributed by atoms with van der Waals surface area (Å²) in [6, 6.07) is 9.21. The average Bonchev–Trinajstić information content (AvgIpc) is 3.15. The molecule has 0 atom stereocenters. The summed E-state index contributed by atoms with van der Waals surface area (Å²) in [4.78, 5) is 54.7.